The molecule has 3 nitrogen and oxygen atoms in total. The number of benzene rings is 1. The number of hydrogen-bond donors (Lipinski definition) is 0. The highest BCUT2D eigenvalue weighted by Crippen LogP contribution is 2.39. The summed E-state index contributed by atoms with van der Waals surface area (Å²) in [6.45, 7) is 9.04. The van der Waals surface area contributed by atoms with Crippen molar-refractivity contribution in [1.82, 2.24) is 0 Å². The number of unbranched alkanes of at least 4 members (excludes halogenated alkanes) is 3. The number of hydrogen-bond acceptors (Lipinski definition) is 3. The van der Waals surface area contributed by atoms with Gasteiger partial charge in [-0.25, -0.2) is 0 Å². The molecule has 0 atom stereocenters. The van der Waals surface area contributed by atoms with Crippen LogP contribution in [0.5, 0.6) is 5.75 Å². The van der Waals surface area contributed by atoms with Crippen LogP contribution >= 0.6 is 0 Å². The Bertz CT molecular complexity index is 616. The Balaban J connectivity index is 1.86. The van der Waals surface area contributed by atoms with Gasteiger partial charge in [-0.05, 0) is 64.3 Å². The molecule has 0 radical (unpaired) electrons. The molecule has 0 amide bonds. The first-order valence-electron chi connectivity index (χ1n) is 9.01. The number of ether oxygens (including phenoxy) is 1. The predicted octanol–water partition coefficient (Wildman–Crippen LogP) is 5.24. The quantitative estimate of drug-likeness (QED) is 0.611. The lowest BCUT2D eigenvalue weighted by molar-refractivity contribution is -0.117. The van der Waals surface area contributed by atoms with Gasteiger partial charge in [-0.15, -0.1) is 0 Å². The Kier molecular flexibility index (Phi) is 6.09. The van der Waals surface area contributed by atoms with E-state index in [1.807, 2.05) is 0 Å². The van der Waals surface area contributed by atoms with Crippen molar-refractivity contribution >= 4 is 17.0 Å². The maximum atomic E-state index is 10.9. The summed E-state index contributed by atoms with van der Waals surface area (Å²) >= 11 is 0. The third kappa shape index (κ3) is 4.62. The summed E-state index contributed by atoms with van der Waals surface area (Å²) in [5.41, 5.74) is 3.87. The number of Topliss-reactive ketones (excluding diaryl/α,β-unsaturated/α-hetero) is 1. The molecule has 0 bridgehead atoms. The molecule has 1 heterocycles. The fourth-order valence-corrected chi connectivity index (χ4v) is 3.25. The minimum atomic E-state index is 0.0410. The largest absolute Gasteiger partial charge is 0.494 e. The van der Waals surface area contributed by atoms with Crippen molar-refractivity contribution in [3.63, 3.8) is 0 Å². The summed E-state index contributed by atoms with van der Waals surface area (Å²) < 4.78 is 5.92. The second kappa shape index (κ2) is 7.87. The molecule has 1 aliphatic rings. The fraction of sp³-hybridized carbons (Fsp3) is 0.571. The van der Waals surface area contributed by atoms with Gasteiger partial charge in [0.25, 0.3) is 0 Å². The molecule has 24 heavy (non-hydrogen) atoms. The van der Waals surface area contributed by atoms with Gasteiger partial charge in [-0.3, -0.25) is 0 Å². The van der Waals surface area contributed by atoms with Crippen molar-refractivity contribution in [2.75, 3.05) is 18.6 Å². The molecule has 0 spiro atoms. The van der Waals surface area contributed by atoms with Crippen LogP contribution < -0.4 is 9.64 Å². The molecule has 0 saturated heterocycles. The molecular weight excluding hydrogens is 298 g/mol. The van der Waals surface area contributed by atoms with Gasteiger partial charge in [0.15, 0.2) is 0 Å². The highest BCUT2D eigenvalue weighted by molar-refractivity contribution is 5.81. The molecular formula is C21H31NO2. The van der Waals surface area contributed by atoms with E-state index in [9.17, 15) is 4.79 Å². The molecule has 1 aromatic rings. The van der Waals surface area contributed by atoms with Crippen LogP contribution in [-0.4, -0.2) is 25.0 Å². The summed E-state index contributed by atoms with van der Waals surface area (Å²) in [4.78, 5) is 13.2. The van der Waals surface area contributed by atoms with E-state index in [1.165, 1.54) is 16.8 Å². The van der Waals surface area contributed by atoms with Crippen molar-refractivity contribution < 1.29 is 9.53 Å². The molecule has 1 aromatic carbocycles. The molecule has 3 heteroatoms. The second-order valence-electron chi connectivity index (χ2n) is 7.43. The first-order chi connectivity index (χ1) is 11.3. The maximum Gasteiger partial charge on any atom is 0.129 e. The zero-order valence-corrected chi connectivity index (χ0v) is 15.8. The number of rotatable bonds is 8. The number of fused-ring (bicyclic) bond motifs is 1. The highest BCUT2D eigenvalue weighted by Gasteiger charge is 2.28. The van der Waals surface area contributed by atoms with Gasteiger partial charge in [0, 0.05) is 24.7 Å². The molecule has 132 valence electrons. The molecule has 2 rings (SSSR count). The average molecular weight is 329 g/mol. The van der Waals surface area contributed by atoms with Crippen LogP contribution in [0.4, 0.5) is 5.69 Å². The molecule has 0 N–H and O–H groups in total. The summed E-state index contributed by atoms with van der Waals surface area (Å²) in [5, 5.41) is 0. The van der Waals surface area contributed by atoms with Crippen LogP contribution in [0.15, 0.2) is 24.3 Å². The smallest absolute Gasteiger partial charge is 0.129 e. The van der Waals surface area contributed by atoms with Crippen molar-refractivity contribution in [3.05, 3.63) is 29.8 Å². The molecule has 0 saturated carbocycles. The van der Waals surface area contributed by atoms with Crippen LogP contribution in [0, 0.1) is 0 Å². The number of likely N-dealkylation sites (N-methyl/N-ethyl adjacent to an activating group) is 1. The van der Waals surface area contributed by atoms with Gasteiger partial charge in [0.2, 0.25) is 0 Å². The summed E-state index contributed by atoms with van der Waals surface area (Å²) in [6, 6.07) is 6.39. The number of allylic oxidation sites excluding steroid dienone is 1. The lowest BCUT2D eigenvalue weighted by Gasteiger charge is -2.40. The van der Waals surface area contributed by atoms with Crippen LogP contribution in [0.2, 0.25) is 0 Å². The molecule has 0 unspecified atom stereocenters. The van der Waals surface area contributed by atoms with Gasteiger partial charge < -0.3 is 14.4 Å². The van der Waals surface area contributed by atoms with E-state index < -0.39 is 0 Å². The van der Waals surface area contributed by atoms with E-state index in [-0.39, 0.29) is 11.3 Å². The van der Waals surface area contributed by atoms with Gasteiger partial charge in [0.05, 0.1) is 12.1 Å². The Morgan fingerprint density at radius 3 is 2.58 bits per heavy atom. The van der Waals surface area contributed by atoms with E-state index in [0.29, 0.717) is 6.42 Å². The summed E-state index contributed by atoms with van der Waals surface area (Å²) in [6.07, 6.45) is 7.29. The second-order valence-corrected chi connectivity index (χ2v) is 7.43. The van der Waals surface area contributed by atoms with Gasteiger partial charge in [-0.1, -0.05) is 18.9 Å². The molecule has 0 fully saturated rings. The van der Waals surface area contributed by atoms with Gasteiger partial charge >= 0.3 is 0 Å². The number of nitrogens with zero attached hydrogens (tertiary/aromatic N) is 1. The van der Waals surface area contributed by atoms with Crippen LogP contribution in [0.3, 0.4) is 0 Å². The van der Waals surface area contributed by atoms with Crippen molar-refractivity contribution in [2.24, 2.45) is 0 Å². The minimum absolute atomic E-state index is 0.0410. The normalized spacial score (nSPS) is 15.7. The lowest BCUT2D eigenvalue weighted by Crippen LogP contribution is -2.41. The lowest BCUT2D eigenvalue weighted by atomic mass is 9.89. The number of ketones is 1. The van der Waals surface area contributed by atoms with E-state index >= 15 is 0 Å². The van der Waals surface area contributed by atoms with Crippen LogP contribution in [0.25, 0.3) is 5.57 Å². The number of carbonyl (C=O) groups excluding carboxylic acids is 1. The van der Waals surface area contributed by atoms with Crippen LogP contribution in [-0.2, 0) is 4.79 Å². The first kappa shape index (κ1) is 18.6. The Morgan fingerprint density at radius 1 is 1.17 bits per heavy atom. The number of anilines is 1. The zero-order chi connectivity index (χ0) is 17.7. The van der Waals surface area contributed by atoms with Crippen molar-refractivity contribution in [2.45, 2.75) is 65.3 Å². The van der Waals surface area contributed by atoms with E-state index in [4.69, 9.17) is 4.74 Å². The zero-order valence-electron chi connectivity index (χ0n) is 15.8. The van der Waals surface area contributed by atoms with E-state index in [1.54, 1.807) is 6.92 Å². The predicted molar refractivity (Wildman–Crippen MR) is 102 cm³/mol. The average Bonchev–Trinajstić information content (AvgIpc) is 2.51. The first-order valence-corrected chi connectivity index (χ1v) is 9.01. The van der Waals surface area contributed by atoms with Gasteiger partial charge in [0.1, 0.15) is 11.5 Å². The molecule has 0 aromatic heterocycles. The SMILES string of the molecule is CC(=O)CCCCCCOc1ccc2c(c1)C(C)=CC(C)(C)N2C. The highest BCUT2D eigenvalue weighted by atomic mass is 16.5. The van der Waals surface area contributed by atoms with Crippen LogP contribution in [0.1, 0.15) is 65.4 Å². The van der Waals surface area contributed by atoms with Gasteiger partial charge in [-0.2, -0.15) is 0 Å². The third-order valence-corrected chi connectivity index (χ3v) is 4.88. The Hall–Kier alpha value is -1.77. The van der Waals surface area contributed by atoms with Crippen molar-refractivity contribution in [3.8, 4) is 5.75 Å². The van der Waals surface area contributed by atoms with E-state index in [0.717, 1.165) is 38.0 Å². The molecule has 0 aliphatic carbocycles. The van der Waals surface area contributed by atoms with Crippen molar-refractivity contribution in [1.29, 1.82) is 0 Å². The Labute approximate surface area is 146 Å². The summed E-state index contributed by atoms with van der Waals surface area (Å²) in [7, 11) is 2.14. The maximum absolute atomic E-state index is 10.9. The summed E-state index contributed by atoms with van der Waals surface area (Å²) in [5.74, 6) is 1.23. The van der Waals surface area contributed by atoms with E-state index in [2.05, 4.69) is 57.0 Å². The topological polar surface area (TPSA) is 29.5 Å². The standard InChI is InChI=1S/C21H31NO2/c1-16-15-21(3,4)22(5)20-12-11-18(14-19(16)20)24-13-9-7-6-8-10-17(2)23/h11-12,14-15H,6-10,13H2,1-5H3. The number of carbonyl (C=O) groups is 1. The molecule has 1 aliphatic heterocycles. The third-order valence-electron chi connectivity index (χ3n) is 4.88. The minimum Gasteiger partial charge on any atom is -0.494 e. The Morgan fingerprint density at radius 2 is 1.88 bits per heavy atom. The monoisotopic (exact) mass is 329 g/mol. The fourth-order valence-electron chi connectivity index (χ4n) is 3.25.